The van der Waals surface area contributed by atoms with E-state index in [1.807, 2.05) is 6.92 Å². The molecule has 1 aromatic carbocycles. The van der Waals surface area contributed by atoms with Crippen molar-refractivity contribution in [3.05, 3.63) is 34.6 Å². The molecule has 0 radical (unpaired) electrons. The van der Waals surface area contributed by atoms with E-state index in [9.17, 15) is 4.39 Å². The van der Waals surface area contributed by atoms with Gasteiger partial charge in [-0.3, -0.25) is 0 Å². The highest BCUT2D eigenvalue weighted by Gasteiger charge is 2.08. The molecule has 0 aliphatic rings. The number of ether oxygens (including phenoxy) is 2. The Kier molecular flexibility index (Phi) is 5.40. The summed E-state index contributed by atoms with van der Waals surface area (Å²) >= 11 is 1.33. The Balaban J connectivity index is 1.93. The minimum absolute atomic E-state index is 0.337. The molecule has 2 aromatic rings. The van der Waals surface area contributed by atoms with E-state index in [0.29, 0.717) is 24.1 Å². The predicted octanol–water partition coefficient (Wildman–Crippen LogP) is 2.51. The predicted molar refractivity (Wildman–Crippen MR) is 74.7 cm³/mol. The van der Waals surface area contributed by atoms with Crippen molar-refractivity contribution in [2.45, 2.75) is 13.5 Å². The van der Waals surface area contributed by atoms with Crippen molar-refractivity contribution in [3.63, 3.8) is 0 Å². The average molecular weight is 297 g/mol. The summed E-state index contributed by atoms with van der Waals surface area (Å²) < 4.78 is 23.6. The molecule has 0 saturated carbocycles. The van der Waals surface area contributed by atoms with Crippen molar-refractivity contribution >= 4 is 11.3 Å². The average Bonchev–Trinajstić information content (AvgIpc) is 2.87. The van der Waals surface area contributed by atoms with E-state index in [1.165, 1.54) is 23.5 Å². The van der Waals surface area contributed by atoms with Crippen molar-refractivity contribution in [2.75, 3.05) is 20.3 Å². The van der Waals surface area contributed by atoms with Gasteiger partial charge in [0.25, 0.3) is 5.19 Å². The van der Waals surface area contributed by atoms with Crippen LogP contribution in [0.2, 0.25) is 0 Å². The van der Waals surface area contributed by atoms with Crippen molar-refractivity contribution in [1.82, 2.24) is 15.5 Å². The fraction of sp³-hybridized carbons (Fsp3) is 0.385. The number of nitrogens with one attached hydrogen (secondary N) is 1. The van der Waals surface area contributed by atoms with Crippen LogP contribution in [0.25, 0.3) is 0 Å². The molecule has 20 heavy (non-hydrogen) atoms. The van der Waals surface area contributed by atoms with E-state index in [-0.39, 0.29) is 5.82 Å². The van der Waals surface area contributed by atoms with Gasteiger partial charge in [-0.25, -0.2) is 4.39 Å². The minimum Gasteiger partial charge on any atom is -0.429 e. The lowest BCUT2D eigenvalue weighted by Gasteiger charge is -2.04. The Morgan fingerprint density at radius 3 is 3.00 bits per heavy atom. The van der Waals surface area contributed by atoms with Crippen molar-refractivity contribution < 1.29 is 13.9 Å². The van der Waals surface area contributed by atoms with Crippen LogP contribution in [0.4, 0.5) is 4.39 Å². The van der Waals surface area contributed by atoms with Crippen molar-refractivity contribution in [2.24, 2.45) is 0 Å². The van der Waals surface area contributed by atoms with Gasteiger partial charge >= 0.3 is 0 Å². The Morgan fingerprint density at radius 1 is 1.35 bits per heavy atom. The van der Waals surface area contributed by atoms with Crippen LogP contribution in [0.3, 0.4) is 0 Å². The zero-order valence-corrected chi connectivity index (χ0v) is 12.2. The highest BCUT2D eigenvalue weighted by atomic mass is 32.1. The topological polar surface area (TPSA) is 56.3 Å². The third-order valence-electron chi connectivity index (χ3n) is 2.55. The lowest BCUT2D eigenvalue weighted by molar-refractivity contribution is 0.199. The summed E-state index contributed by atoms with van der Waals surface area (Å²) in [4.78, 5) is 0. The molecule has 0 amide bonds. The van der Waals surface area contributed by atoms with Gasteiger partial charge in [0.15, 0.2) is 0 Å². The van der Waals surface area contributed by atoms with Gasteiger partial charge in [0.2, 0.25) is 0 Å². The molecule has 2 rings (SSSR count). The number of halogens is 1. The van der Waals surface area contributed by atoms with Gasteiger partial charge in [0, 0.05) is 26.3 Å². The van der Waals surface area contributed by atoms with Crippen molar-refractivity contribution in [3.8, 4) is 10.9 Å². The first-order chi connectivity index (χ1) is 9.69. The van der Waals surface area contributed by atoms with Crippen LogP contribution in [0.15, 0.2) is 18.2 Å². The lowest BCUT2D eigenvalue weighted by Crippen LogP contribution is -2.18. The van der Waals surface area contributed by atoms with Crippen LogP contribution in [0.5, 0.6) is 10.9 Å². The van der Waals surface area contributed by atoms with Gasteiger partial charge in [0.1, 0.15) is 16.6 Å². The molecular formula is C13H16FN3O2S. The van der Waals surface area contributed by atoms with E-state index in [4.69, 9.17) is 9.47 Å². The molecule has 0 bridgehead atoms. The monoisotopic (exact) mass is 297 g/mol. The number of nitrogens with zero attached hydrogens (tertiary/aromatic N) is 2. The second kappa shape index (κ2) is 7.28. The number of hydrogen-bond acceptors (Lipinski definition) is 6. The first-order valence-electron chi connectivity index (χ1n) is 6.15. The zero-order chi connectivity index (χ0) is 14.4. The minimum atomic E-state index is -0.337. The summed E-state index contributed by atoms with van der Waals surface area (Å²) in [6, 6.07) is 4.40. The van der Waals surface area contributed by atoms with Gasteiger partial charge in [0.05, 0.1) is 6.61 Å². The smallest absolute Gasteiger partial charge is 0.299 e. The Hall–Kier alpha value is -1.57. The summed E-state index contributed by atoms with van der Waals surface area (Å²) in [7, 11) is 1.65. The number of benzene rings is 1. The molecule has 0 atom stereocenters. The fourth-order valence-electron chi connectivity index (χ4n) is 1.50. The molecule has 0 spiro atoms. The van der Waals surface area contributed by atoms with Gasteiger partial charge < -0.3 is 14.8 Å². The first kappa shape index (κ1) is 14.8. The highest BCUT2D eigenvalue weighted by Crippen LogP contribution is 2.28. The largest absolute Gasteiger partial charge is 0.429 e. The standard InChI is InChI=1S/C13H16FN3O2S/c1-9-3-4-10(14)7-11(9)19-13-17-16-12(20-13)8-15-5-6-18-2/h3-4,7,15H,5-6,8H2,1-2H3. The summed E-state index contributed by atoms with van der Waals surface area (Å²) in [5, 5.41) is 12.3. The molecule has 0 unspecified atom stereocenters. The zero-order valence-electron chi connectivity index (χ0n) is 11.4. The number of hydrogen-bond donors (Lipinski definition) is 1. The fourth-order valence-corrected chi connectivity index (χ4v) is 2.17. The molecule has 1 N–H and O–H groups in total. The molecule has 108 valence electrons. The van der Waals surface area contributed by atoms with Gasteiger partial charge in [-0.15, -0.1) is 5.10 Å². The molecule has 7 heteroatoms. The quantitative estimate of drug-likeness (QED) is 0.796. The molecular weight excluding hydrogens is 281 g/mol. The molecule has 1 heterocycles. The number of aromatic nitrogens is 2. The molecule has 0 saturated heterocycles. The lowest BCUT2D eigenvalue weighted by atomic mass is 10.2. The Morgan fingerprint density at radius 2 is 2.20 bits per heavy atom. The normalized spacial score (nSPS) is 10.8. The van der Waals surface area contributed by atoms with E-state index >= 15 is 0 Å². The maximum atomic E-state index is 13.2. The van der Waals surface area contributed by atoms with E-state index in [1.54, 1.807) is 13.2 Å². The van der Waals surface area contributed by atoms with Gasteiger partial charge in [-0.05, 0) is 18.6 Å². The molecule has 0 aliphatic heterocycles. The molecule has 5 nitrogen and oxygen atoms in total. The third kappa shape index (κ3) is 4.22. The number of rotatable bonds is 7. The van der Waals surface area contributed by atoms with Crippen LogP contribution in [-0.4, -0.2) is 30.5 Å². The van der Waals surface area contributed by atoms with Crippen LogP contribution >= 0.6 is 11.3 Å². The van der Waals surface area contributed by atoms with Gasteiger partial charge in [-0.1, -0.05) is 22.5 Å². The van der Waals surface area contributed by atoms with Crippen LogP contribution < -0.4 is 10.1 Å². The number of aryl methyl sites for hydroxylation is 1. The van der Waals surface area contributed by atoms with Crippen LogP contribution in [0.1, 0.15) is 10.6 Å². The number of methoxy groups -OCH3 is 1. The maximum absolute atomic E-state index is 13.2. The van der Waals surface area contributed by atoms with Crippen molar-refractivity contribution in [1.29, 1.82) is 0 Å². The molecule has 0 aliphatic carbocycles. The van der Waals surface area contributed by atoms with E-state index < -0.39 is 0 Å². The summed E-state index contributed by atoms with van der Waals surface area (Å²) in [5.74, 6) is 0.122. The van der Waals surface area contributed by atoms with Crippen LogP contribution in [0, 0.1) is 12.7 Å². The Bertz CT molecular complexity index is 562. The second-order valence-electron chi connectivity index (χ2n) is 4.14. The summed E-state index contributed by atoms with van der Waals surface area (Å²) in [5.41, 5.74) is 0.848. The molecule has 0 fully saturated rings. The van der Waals surface area contributed by atoms with E-state index in [0.717, 1.165) is 17.1 Å². The maximum Gasteiger partial charge on any atom is 0.299 e. The SMILES string of the molecule is COCCNCc1nnc(Oc2cc(F)ccc2C)s1. The van der Waals surface area contributed by atoms with Crippen LogP contribution in [-0.2, 0) is 11.3 Å². The third-order valence-corrected chi connectivity index (χ3v) is 3.36. The summed E-state index contributed by atoms with van der Waals surface area (Å²) in [6.07, 6.45) is 0. The van der Waals surface area contributed by atoms with Gasteiger partial charge in [-0.2, -0.15) is 0 Å². The molecule has 1 aromatic heterocycles. The first-order valence-corrected chi connectivity index (χ1v) is 6.96. The second-order valence-corrected chi connectivity index (χ2v) is 5.17. The van der Waals surface area contributed by atoms with E-state index in [2.05, 4.69) is 15.5 Å². The highest BCUT2D eigenvalue weighted by molar-refractivity contribution is 7.13. The Labute approximate surface area is 120 Å². The summed E-state index contributed by atoms with van der Waals surface area (Å²) in [6.45, 7) is 3.84.